The second-order valence-electron chi connectivity index (χ2n) is 8.67. The predicted octanol–water partition coefficient (Wildman–Crippen LogP) is 4.77. The van der Waals surface area contributed by atoms with Crippen molar-refractivity contribution in [1.82, 2.24) is 5.32 Å². The largest absolute Gasteiger partial charge is 0.495 e. The summed E-state index contributed by atoms with van der Waals surface area (Å²) in [5.74, 6) is 2.50. The van der Waals surface area contributed by atoms with E-state index >= 15 is 0 Å². The van der Waals surface area contributed by atoms with Crippen molar-refractivity contribution in [3.05, 3.63) is 47.5 Å². The lowest BCUT2D eigenvalue weighted by molar-refractivity contribution is 0.0920. The van der Waals surface area contributed by atoms with Crippen LogP contribution in [-0.4, -0.2) is 46.4 Å². The number of methoxy groups -OCH3 is 3. The smallest absolute Gasteiger partial charge is 0.251 e. The molecule has 32 heavy (non-hydrogen) atoms. The van der Waals surface area contributed by atoms with Gasteiger partial charge in [-0.1, -0.05) is 18.9 Å². The minimum Gasteiger partial charge on any atom is -0.495 e. The van der Waals surface area contributed by atoms with Gasteiger partial charge in [-0.25, -0.2) is 0 Å². The highest BCUT2D eigenvalue weighted by Gasteiger charge is 2.29. The summed E-state index contributed by atoms with van der Waals surface area (Å²) in [5.41, 5.74) is 2.88. The number of benzene rings is 2. The van der Waals surface area contributed by atoms with Gasteiger partial charge >= 0.3 is 0 Å². The molecule has 6 heteroatoms. The van der Waals surface area contributed by atoms with E-state index in [-0.39, 0.29) is 17.9 Å². The third kappa shape index (κ3) is 4.64. The number of hydrogen-bond acceptors (Lipinski definition) is 5. The molecule has 2 aromatic rings. The molecule has 1 heterocycles. The van der Waals surface area contributed by atoms with Crippen LogP contribution in [0.3, 0.4) is 0 Å². The molecule has 1 saturated carbocycles. The second-order valence-corrected chi connectivity index (χ2v) is 8.67. The number of hydrogen-bond donors (Lipinski definition) is 1. The van der Waals surface area contributed by atoms with Crippen LogP contribution in [0.4, 0.5) is 5.69 Å². The first kappa shape index (κ1) is 22.3. The van der Waals surface area contributed by atoms with E-state index in [9.17, 15) is 4.79 Å². The van der Waals surface area contributed by atoms with Gasteiger partial charge in [0.25, 0.3) is 5.91 Å². The van der Waals surface area contributed by atoms with Crippen LogP contribution < -0.4 is 24.4 Å². The fourth-order valence-corrected chi connectivity index (χ4v) is 5.07. The van der Waals surface area contributed by atoms with Crippen LogP contribution in [0.2, 0.25) is 0 Å². The fourth-order valence-electron chi connectivity index (χ4n) is 5.07. The molecular formula is C26H34N2O4. The van der Waals surface area contributed by atoms with E-state index in [0.29, 0.717) is 5.56 Å². The van der Waals surface area contributed by atoms with Crippen molar-refractivity contribution in [1.29, 1.82) is 0 Å². The molecule has 2 aliphatic rings. The van der Waals surface area contributed by atoms with E-state index in [1.165, 1.54) is 18.4 Å². The molecule has 1 aliphatic heterocycles. The standard InChI is InChI=1S/C26H34N2O4/c1-30-23-12-11-19(16-22(23)28-14-6-7-15-28)26(29)27-21-9-5-4-8-20(21)18-10-13-24(31-2)25(17-18)32-3/h10-13,16-17,20-21H,4-9,14-15H2,1-3H3,(H,27,29)/t20-,21-/m1/s1. The van der Waals surface area contributed by atoms with Gasteiger partial charge in [-0.05, 0) is 61.6 Å². The SMILES string of the molecule is COc1ccc([C@H]2CCCC[C@H]2NC(=O)c2ccc(OC)c(N3CCCC3)c2)cc1OC. The highest BCUT2D eigenvalue weighted by atomic mass is 16.5. The van der Waals surface area contributed by atoms with E-state index in [4.69, 9.17) is 14.2 Å². The Balaban J connectivity index is 1.54. The summed E-state index contributed by atoms with van der Waals surface area (Å²) in [6.45, 7) is 2.01. The van der Waals surface area contributed by atoms with Crippen LogP contribution in [0, 0.1) is 0 Å². The van der Waals surface area contributed by atoms with Crippen LogP contribution >= 0.6 is 0 Å². The van der Waals surface area contributed by atoms with Crippen LogP contribution in [0.15, 0.2) is 36.4 Å². The van der Waals surface area contributed by atoms with Crippen LogP contribution in [0.5, 0.6) is 17.2 Å². The summed E-state index contributed by atoms with van der Waals surface area (Å²) in [6.07, 6.45) is 6.65. The lowest BCUT2D eigenvalue weighted by atomic mass is 9.79. The first-order valence-corrected chi connectivity index (χ1v) is 11.6. The van der Waals surface area contributed by atoms with Crippen molar-refractivity contribution in [2.75, 3.05) is 39.3 Å². The molecule has 6 nitrogen and oxygen atoms in total. The van der Waals surface area contributed by atoms with Crippen molar-refractivity contribution in [3.8, 4) is 17.2 Å². The molecule has 1 amide bonds. The number of amides is 1. The molecule has 0 unspecified atom stereocenters. The normalized spacial score (nSPS) is 20.7. The van der Waals surface area contributed by atoms with Crippen molar-refractivity contribution in [2.45, 2.75) is 50.5 Å². The number of nitrogens with zero attached hydrogens (tertiary/aromatic N) is 1. The topological polar surface area (TPSA) is 60.0 Å². The Hall–Kier alpha value is -2.89. The first-order chi connectivity index (χ1) is 15.6. The van der Waals surface area contributed by atoms with Gasteiger partial charge in [-0.2, -0.15) is 0 Å². The summed E-state index contributed by atoms with van der Waals surface area (Å²) in [6, 6.07) is 11.9. The highest BCUT2D eigenvalue weighted by Crippen LogP contribution is 2.38. The Bertz CT molecular complexity index is 939. The maximum Gasteiger partial charge on any atom is 0.251 e. The lowest BCUT2D eigenvalue weighted by Gasteiger charge is -2.33. The Kier molecular flexibility index (Phi) is 7.08. The van der Waals surface area contributed by atoms with E-state index < -0.39 is 0 Å². The Morgan fingerprint density at radius 3 is 2.25 bits per heavy atom. The monoisotopic (exact) mass is 438 g/mol. The zero-order chi connectivity index (χ0) is 22.5. The minimum atomic E-state index is -0.0227. The molecule has 2 atom stereocenters. The number of carbonyl (C=O) groups is 1. The first-order valence-electron chi connectivity index (χ1n) is 11.6. The summed E-state index contributed by atoms with van der Waals surface area (Å²) < 4.78 is 16.5. The van der Waals surface area contributed by atoms with E-state index in [1.54, 1.807) is 21.3 Å². The van der Waals surface area contributed by atoms with Crippen molar-refractivity contribution in [2.24, 2.45) is 0 Å². The molecule has 1 N–H and O–H groups in total. The molecule has 1 saturated heterocycles. The quantitative estimate of drug-likeness (QED) is 0.675. The molecule has 4 rings (SSSR count). The van der Waals surface area contributed by atoms with Gasteiger partial charge in [0.05, 0.1) is 27.0 Å². The molecule has 0 radical (unpaired) electrons. The van der Waals surface area contributed by atoms with E-state index in [2.05, 4.69) is 16.3 Å². The number of rotatable bonds is 7. The molecule has 0 aromatic heterocycles. The van der Waals surface area contributed by atoms with Gasteiger partial charge < -0.3 is 24.4 Å². The maximum absolute atomic E-state index is 13.3. The lowest BCUT2D eigenvalue weighted by Crippen LogP contribution is -2.41. The molecular weight excluding hydrogens is 404 g/mol. The Morgan fingerprint density at radius 1 is 0.844 bits per heavy atom. The number of nitrogens with one attached hydrogen (secondary N) is 1. The Labute approximate surface area is 190 Å². The van der Waals surface area contributed by atoms with E-state index in [0.717, 1.165) is 61.7 Å². The van der Waals surface area contributed by atoms with Gasteiger partial charge in [0.15, 0.2) is 11.5 Å². The summed E-state index contributed by atoms with van der Waals surface area (Å²) in [4.78, 5) is 15.6. The number of carbonyl (C=O) groups excluding carboxylic acids is 1. The average Bonchev–Trinajstić information content (AvgIpc) is 3.38. The fraction of sp³-hybridized carbons (Fsp3) is 0.500. The van der Waals surface area contributed by atoms with Crippen LogP contribution in [-0.2, 0) is 0 Å². The zero-order valence-electron chi connectivity index (χ0n) is 19.4. The van der Waals surface area contributed by atoms with Gasteiger partial charge in [-0.3, -0.25) is 4.79 Å². The van der Waals surface area contributed by atoms with Crippen molar-refractivity contribution < 1.29 is 19.0 Å². The number of ether oxygens (including phenoxy) is 3. The molecule has 0 bridgehead atoms. The van der Waals surface area contributed by atoms with Gasteiger partial charge in [-0.15, -0.1) is 0 Å². The average molecular weight is 439 g/mol. The summed E-state index contributed by atoms with van der Waals surface area (Å²) >= 11 is 0. The van der Waals surface area contributed by atoms with E-state index in [1.807, 2.05) is 30.3 Å². The van der Waals surface area contributed by atoms with Crippen LogP contribution in [0.1, 0.15) is 60.4 Å². The van der Waals surface area contributed by atoms with Crippen LogP contribution in [0.25, 0.3) is 0 Å². The maximum atomic E-state index is 13.3. The predicted molar refractivity (Wildman–Crippen MR) is 126 cm³/mol. The van der Waals surface area contributed by atoms with Gasteiger partial charge in [0, 0.05) is 30.6 Å². The van der Waals surface area contributed by atoms with Crippen molar-refractivity contribution in [3.63, 3.8) is 0 Å². The molecule has 172 valence electrons. The minimum absolute atomic E-state index is 0.0227. The molecule has 2 aromatic carbocycles. The Morgan fingerprint density at radius 2 is 1.53 bits per heavy atom. The summed E-state index contributed by atoms with van der Waals surface area (Å²) in [7, 11) is 4.99. The van der Waals surface area contributed by atoms with Gasteiger partial charge in [0.1, 0.15) is 5.75 Å². The number of anilines is 1. The molecule has 0 spiro atoms. The molecule has 1 aliphatic carbocycles. The second kappa shape index (κ2) is 10.2. The molecule has 2 fully saturated rings. The van der Waals surface area contributed by atoms with Gasteiger partial charge in [0.2, 0.25) is 0 Å². The zero-order valence-corrected chi connectivity index (χ0v) is 19.4. The third-order valence-electron chi connectivity index (χ3n) is 6.81. The van der Waals surface area contributed by atoms with Crippen molar-refractivity contribution >= 4 is 11.6 Å². The third-order valence-corrected chi connectivity index (χ3v) is 6.81. The summed E-state index contributed by atoms with van der Waals surface area (Å²) in [5, 5.41) is 3.33. The highest BCUT2D eigenvalue weighted by molar-refractivity contribution is 5.96.